The second-order valence-electron chi connectivity index (χ2n) is 4.73. The van der Waals surface area contributed by atoms with Crippen LogP contribution in [0, 0.1) is 5.82 Å². The molecule has 0 atom stereocenters. The number of carbonyl (C=O) groups is 1. The molecule has 2 N–H and O–H groups in total. The predicted molar refractivity (Wildman–Crippen MR) is 68.2 cm³/mol. The molecule has 1 aromatic carbocycles. The van der Waals surface area contributed by atoms with Crippen LogP contribution in [0.25, 0.3) is 0 Å². The van der Waals surface area contributed by atoms with Crippen LogP contribution in [-0.2, 0) is 0 Å². The Balaban J connectivity index is 3.04. The lowest BCUT2D eigenvalue weighted by Crippen LogP contribution is -2.50. The zero-order valence-corrected chi connectivity index (χ0v) is 11.2. The van der Waals surface area contributed by atoms with Crippen molar-refractivity contribution in [3.05, 3.63) is 29.6 Å². The van der Waals surface area contributed by atoms with E-state index in [-0.39, 0.29) is 5.56 Å². The molecule has 0 heterocycles. The van der Waals surface area contributed by atoms with Gasteiger partial charge >= 0.3 is 0 Å². The molecular formula is C13H19FN2O2. The Kier molecular flexibility index (Phi) is 4.29. The summed E-state index contributed by atoms with van der Waals surface area (Å²) in [5, 5.41) is 0. The third-order valence-electron chi connectivity index (χ3n) is 3.12. The number of methoxy groups -OCH3 is 1. The van der Waals surface area contributed by atoms with Crippen molar-refractivity contribution in [3.8, 4) is 5.75 Å². The first kappa shape index (κ1) is 14.4. The summed E-state index contributed by atoms with van der Waals surface area (Å²) in [6.07, 6.45) is 0. The van der Waals surface area contributed by atoms with E-state index in [1.807, 2.05) is 13.8 Å². The van der Waals surface area contributed by atoms with Gasteiger partial charge in [-0.2, -0.15) is 0 Å². The van der Waals surface area contributed by atoms with E-state index in [1.165, 1.54) is 24.1 Å². The van der Waals surface area contributed by atoms with Gasteiger partial charge in [-0.3, -0.25) is 4.79 Å². The smallest absolute Gasteiger partial charge is 0.257 e. The Bertz CT molecular complexity index is 447. The fraction of sp³-hybridized carbons (Fsp3) is 0.462. The third kappa shape index (κ3) is 2.79. The van der Waals surface area contributed by atoms with Crippen molar-refractivity contribution in [1.29, 1.82) is 0 Å². The van der Waals surface area contributed by atoms with Gasteiger partial charge in [0.25, 0.3) is 5.91 Å². The van der Waals surface area contributed by atoms with Gasteiger partial charge in [-0.25, -0.2) is 4.39 Å². The minimum atomic E-state index is -0.598. The highest BCUT2D eigenvalue weighted by Crippen LogP contribution is 2.20. The van der Waals surface area contributed by atoms with E-state index in [0.29, 0.717) is 12.3 Å². The van der Waals surface area contributed by atoms with Crippen LogP contribution in [0.4, 0.5) is 4.39 Å². The number of likely N-dealkylation sites (N-methyl/N-ethyl adjacent to an activating group) is 1. The Morgan fingerprint density at radius 3 is 2.56 bits per heavy atom. The Morgan fingerprint density at radius 1 is 1.50 bits per heavy atom. The average Bonchev–Trinajstić information content (AvgIpc) is 2.36. The zero-order chi connectivity index (χ0) is 13.9. The van der Waals surface area contributed by atoms with E-state index in [2.05, 4.69) is 0 Å². The molecule has 5 heteroatoms. The maximum absolute atomic E-state index is 13.8. The van der Waals surface area contributed by atoms with Crippen molar-refractivity contribution in [1.82, 2.24) is 4.90 Å². The molecule has 0 saturated carbocycles. The number of hydrogen-bond donors (Lipinski definition) is 1. The van der Waals surface area contributed by atoms with E-state index < -0.39 is 17.3 Å². The lowest BCUT2D eigenvalue weighted by molar-refractivity contribution is 0.0635. The van der Waals surface area contributed by atoms with Crippen molar-refractivity contribution < 1.29 is 13.9 Å². The molecular weight excluding hydrogens is 235 g/mol. The van der Waals surface area contributed by atoms with Crippen LogP contribution in [0.15, 0.2) is 18.2 Å². The van der Waals surface area contributed by atoms with Crippen molar-refractivity contribution in [2.24, 2.45) is 5.73 Å². The highest BCUT2D eigenvalue weighted by molar-refractivity contribution is 5.95. The van der Waals surface area contributed by atoms with Gasteiger partial charge in [-0.1, -0.05) is 0 Å². The molecule has 0 aliphatic rings. The minimum Gasteiger partial charge on any atom is -0.497 e. The summed E-state index contributed by atoms with van der Waals surface area (Å²) in [6.45, 7) is 3.95. The molecule has 0 radical (unpaired) electrons. The second kappa shape index (κ2) is 5.35. The molecule has 18 heavy (non-hydrogen) atoms. The minimum absolute atomic E-state index is 0.0137. The number of rotatable bonds is 4. The monoisotopic (exact) mass is 254 g/mol. The van der Waals surface area contributed by atoms with Gasteiger partial charge in [-0.05, 0) is 26.0 Å². The molecule has 0 spiro atoms. The Hall–Kier alpha value is -1.62. The largest absolute Gasteiger partial charge is 0.497 e. The van der Waals surface area contributed by atoms with Gasteiger partial charge in [-0.15, -0.1) is 0 Å². The molecule has 1 amide bonds. The van der Waals surface area contributed by atoms with Crippen LogP contribution in [0.5, 0.6) is 5.75 Å². The summed E-state index contributed by atoms with van der Waals surface area (Å²) >= 11 is 0. The Morgan fingerprint density at radius 2 is 2.11 bits per heavy atom. The molecule has 0 fully saturated rings. The van der Waals surface area contributed by atoms with Crippen molar-refractivity contribution in [2.45, 2.75) is 19.4 Å². The fourth-order valence-corrected chi connectivity index (χ4v) is 1.39. The van der Waals surface area contributed by atoms with Crippen LogP contribution < -0.4 is 10.5 Å². The molecule has 100 valence electrons. The summed E-state index contributed by atoms with van der Waals surface area (Å²) < 4.78 is 18.7. The van der Waals surface area contributed by atoms with Gasteiger partial charge in [0, 0.05) is 25.2 Å². The number of benzene rings is 1. The van der Waals surface area contributed by atoms with Crippen LogP contribution in [0.1, 0.15) is 24.2 Å². The molecule has 1 aromatic rings. The maximum Gasteiger partial charge on any atom is 0.257 e. The maximum atomic E-state index is 13.8. The SMILES string of the molecule is COc1ccc(C(=O)N(C)C(C)(C)CN)c(F)c1. The standard InChI is InChI=1S/C13H19FN2O2/c1-13(2,8-15)16(3)12(17)10-6-5-9(18-4)7-11(10)14/h5-7H,8,15H2,1-4H3. The number of hydrogen-bond acceptors (Lipinski definition) is 3. The molecule has 0 unspecified atom stereocenters. The zero-order valence-electron chi connectivity index (χ0n) is 11.2. The number of nitrogens with zero attached hydrogens (tertiary/aromatic N) is 1. The predicted octanol–water partition coefficient (Wildman–Crippen LogP) is 1.64. The van der Waals surface area contributed by atoms with Crippen LogP contribution in [0.3, 0.4) is 0 Å². The van der Waals surface area contributed by atoms with Crippen molar-refractivity contribution >= 4 is 5.91 Å². The number of halogens is 1. The summed E-state index contributed by atoms with van der Waals surface area (Å²) in [5.41, 5.74) is 5.09. The first-order valence-electron chi connectivity index (χ1n) is 5.65. The quantitative estimate of drug-likeness (QED) is 0.888. The topological polar surface area (TPSA) is 55.6 Å². The van der Waals surface area contributed by atoms with Gasteiger partial charge < -0.3 is 15.4 Å². The fourth-order valence-electron chi connectivity index (χ4n) is 1.39. The summed E-state index contributed by atoms with van der Waals surface area (Å²) in [7, 11) is 3.05. The van der Waals surface area contributed by atoms with Gasteiger partial charge in [0.15, 0.2) is 0 Å². The van der Waals surface area contributed by atoms with Gasteiger partial charge in [0.05, 0.1) is 12.7 Å². The van der Waals surface area contributed by atoms with Crippen molar-refractivity contribution in [3.63, 3.8) is 0 Å². The molecule has 0 bridgehead atoms. The van der Waals surface area contributed by atoms with Crippen LogP contribution in [0.2, 0.25) is 0 Å². The van der Waals surface area contributed by atoms with E-state index in [4.69, 9.17) is 10.5 Å². The van der Waals surface area contributed by atoms with E-state index in [1.54, 1.807) is 13.1 Å². The average molecular weight is 254 g/mol. The summed E-state index contributed by atoms with van der Waals surface area (Å²) in [4.78, 5) is 13.6. The van der Waals surface area contributed by atoms with E-state index >= 15 is 0 Å². The number of nitrogens with two attached hydrogens (primary N) is 1. The summed E-state index contributed by atoms with van der Waals surface area (Å²) in [5.74, 6) is -0.616. The molecule has 0 aromatic heterocycles. The molecule has 0 saturated heterocycles. The first-order valence-corrected chi connectivity index (χ1v) is 5.65. The van der Waals surface area contributed by atoms with E-state index in [0.717, 1.165) is 0 Å². The lowest BCUT2D eigenvalue weighted by atomic mass is 10.0. The number of carbonyl (C=O) groups excluding carboxylic acids is 1. The van der Waals surface area contributed by atoms with Crippen molar-refractivity contribution in [2.75, 3.05) is 20.7 Å². The molecule has 4 nitrogen and oxygen atoms in total. The molecule has 0 aliphatic heterocycles. The number of ether oxygens (including phenoxy) is 1. The van der Waals surface area contributed by atoms with E-state index in [9.17, 15) is 9.18 Å². The summed E-state index contributed by atoms with van der Waals surface area (Å²) in [6, 6.07) is 4.16. The normalized spacial score (nSPS) is 11.2. The highest BCUT2D eigenvalue weighted by atomic mass is 19.1. The first-order chi connectivity index (χ1) is 8.33. The third-order valence-corrected chi connectivity index (χ3v) is 3.12. The molecule has 1 rings (SSSR count). The Labute approximate surface area is 107 Å². The molecule has 0 aliphatic carbocycles. The van der Waals surface area contributed by atoms with Gasteiger partial charge in [0.2, 0.25) is 0 Å². The second-order valence-corrected chi connectivity index (χ2v) is 4.73. The van der Waals surface area contributed by atoms with Crippen LogP contribution >= 0.6 is 0 Å². The highest BCUT2D eigenvalue weighted by Gasteiger charge is 2.28. The van der Waals surface area contributed by atoms with Gasteiger partial charge in [0.1, 0.15) is 11.6 Å². The number of amides is 1. The lowest BCUT2D eigenvalue weighted by Gasteiger charge is -2.34. The van der Waals surface area contributed by atoms with Crippen LogP contribution in [-0.4, -0.2) is 37.0 Å².